The number of hydrogen-bond acceptors (Lipinski definition) is 3. The van der Waals surface area contributed by atoms with Crippen LogP contribution in [0.1, 0.15) is 45.2 Å². The van der Waals surface area contributed by atoms with E-state index < -0.39 is 0 Å². The van der Waals surface area contributed by atoms with Crippen molar-refractivity contribution in [3.05, 3.63) is 18.0 Å². The zero-order valence-electron chi connectivity index (χ0n) is 13.5. The van der Waals surface area contributed by atoms with Crippen LogP contribution in [0.15, 0.2) is 12.4 Å². The number of nitrogens with zero attached hydrogens (tertiary/aromatic N) is 4. The molecule has 1 aliphatic heterocycles. The first-order chi connectivity index (χ1) is 9.92. The van der Waals surface area contributed by atoms with Gasteiger partial charge in [-0.1, -0.05) is 20.8 Å². The fraction of sp³-hybridized carbons (Fsp3) is 0.750. The Bertz CT molecular complexity index is 532. The molecule has 1 aliphatic carbocycles. The van der Waals surface area contributed by atoms with Crippen LogP contribution in [0, 0.1) is 5.41 Å². The standard InChI is InChI=1S/C16H26N4O/c1-5-19(13-6-7-13)10-14(21)20-11-16(2,3)15(20)12-8-17-18(4)9-12/h8-9,13,15H,5-7,10-11H2,1-4H3. The fourth-order valence-corrected chi connectivity index (χ4v) is 3.57. The Labute approximate surface area is 126 Å². The van der Waals surface area contributed by atoms with E-state index in [0.29, 0.717) is 12.6 Å². The number of carbonyl (C=O) groups is 1. The van der Waals surface area contributed by atoms with Gasteiger partial charge in [0.25, 0.3) is 0 Å². The Morgan fingerprint density at radius 2 is 2.19 bits per heavy atom. The third kappa shape index (κ3) is 2.71. The van der Waals surface area contributed by atoms with Crippen LogP contribution in [0.3, 0.4) is 0 Å². The summed E-state index contributed by atoms with van der Waals surface area (Å²) >= 11 is 0. The predicted molar refractivity (Wildman–Crippen MR) is 81.7 cm³/mol. The molecule has 3 rings (SSSR count). The second-order valence-electron chi connectivity index (χ2n) is 7.15. The van der Waals surface area contributed by atoms with Gasteiger partial charge < -0.3 is 4.90 Å². The number of amides is 1. The van der Waals surface area contributed by atoms with Gasteiger partial charge in [0.1, 0.15) is 0 Å². The SMILES string of the molecule is CCN(CC(=O)N1CC(C)(C)C1c1cnn(C)c1)C1CC1. The van der Waals surface area contributed by atoms with Crippen molar-refractivity contribution in [3.8, 4) is 0 Å². The van der Waals surface area contributed by atoms with Crippen LogP contribution in [-0.2, 0) is 11.8 Å². The van der Waals surface area contributed by atoms with E-state index >= 15 is 0 Å². The monoisotopic (exact) mass is 290 g/mol. The summed E-state index contributed by atoms with van der Waals surface area (Å²) in [6, 6.07) is 0.807. The minimum atomic E-state index is 0.134. The summed E-state index contributed by atoms with van der Waals surface area (Å²) in [5, 5.41) is 4.26. The molecule has 1 saturated carbocycles. The van der Waals surface area contributed by atoms with Gasteiger partial charge in [-0.05, 0) is 19.4 Å². The molecule has 0 N–H and O–H groups in total. The molecule has 116 valence electrons. The average molecular weight is 290 g/mol. The molecular formula is C16H26N4O. The van der Waals surface area contributed by atoms with E-state index in [2.05, 4.69) is 30.8 Å². The van der Waals surface area contributed by atoms with E-state index in [1.165, 1.54) is 12.8 Å². The molecule has 5 heteroatoms. The lowest BCUT2D eigenvalue weighted by molar-refractivity contribution is -0.153. The maximum atomic E-state index is 12.7. The van der Waals surface area contributed by atoms with Crippen LogP contribution in [0.4, 0.5) is 0 Å². The van der Waals surface area contributed by atoms with E-state index in [4.69, 9.17) is 0 Å². The van der Waals surface area contributed by atoms with Crippen molar-refractivity contribution in [2.45, 2.75) is 45.7 Å². The highest BCUT2D eigenvalue weighted by atomic mass is 16.2. The second kappa shape index (κ2) is 5.13. The lowest BCUT2D eigenvalue weighted by atomic mass is 9.72. The minimum absolute atomic E-state index is 0.134. The second-order valence-corrected chi connectivity index (χ2v) is 7.15. The molecule has 2 heterocycles. The number of likely N-dealkylation sites (tertiary alicyclic amines) is 1. The van der Waals surface area contributed by atoms with Crippen molar-refractivity contribution in [3.63, 3.8) is 0 Å². The molecule has 0 aromatic carbocycles. The highest BCUT2D eigenvalue weighted by Crippen LogP contribution is 2.48. The molecule has 0 radical (unpaired) electrons. The molecule has 1 saturated heterocycles. The van der Waals surface area contributed by atoms with E-state index in [0.717, 1.165) is 18.7 Å². The Morgan fingerprint density at radius 1 is 1.48 bits per heavy atom. The predicted octanol–water partition coefficient (Wildman–Crippen LogP) is 1.81. The third-order valence-corrected chi connectivity index (χ3v) is 4.80. The van der Waals surface area contributed by atoms with Gasteiger partial charge in [0, 0.05) is 36.8 Å². The van der Waals surface area contributed by atoms with E-state index in [9.17, 15) is 4.79 Å². The average Bonchev–Trinajstić information content (AvgIpc) is 3.17. The molecular weight excluding hydrogens is 264 g/mol. The summed E-state index contributed by atoms with van der Waals surface area (Å²) in [4.78, 5) is 17.0. The fourth-order valence-electron chi connectivity index (χ4n) is 3.57. The number of carbonyl (C=O) groups excluding carboxylic acids is 1. The number of rotatable bonds is 5. The van der Waals surface area contributed by atoms with Crippen molar-refractivity contribution >= 4 is 5.91 Å². The van der Waals surface area contributed by atoms with E-state index in [1.807, 2.05) is 29.0 Å². The van der Waals surface area contributed by atoms with Crippen molar-refractivity contribution in [2.75, 3.05) is 19.6 Å². The van der Waals surface area contributed by atoms with E-state index in [1.54, 1.807) is 0 Å². The normalized spacial score (nSPS) is 24.2. The van der Waals surface area contributed by atoms with Gasteiger partial charge >= 0.3 is 0 Å². The summed E-state index contributed by atoms with van der Waals surface area (Å²) in [7, 11) is 1.92. The molecule has 1 unspecified atom stereocenters. The zero-order valence-corrected chi connectivity index (χ0v) is 13.5. The van der Waals surface area contributed by atoms with Gasteiger partial charge in [-0.3, -0.25) is 14.4 Å². The maximum absolute atomic E-state index is 12.7. The lowest BCUT2D eigenvalue weighted by Gasteiger charge is -2.54. The third-order valence-electron chi connectivity index (χ3n) is 4.80. The number of likely N-dealkylation sites (N-methyl/N-ethyl adjacent to an activating group) is 1. The van der Waals surface area contributed by atoms with Crippen LogP contribution < -0.4 is 0 Å². The van der Waals surface area contributed by atoms with Crippen LogP contribution in [-0.4, -0.2) is 51.2 Å². The first-order valence-corrected chi connectivity index (χ1v) is 7.94. The van der Waals surface area contributed by atoms with Crippen molar-refractivity contribution in [1.29, 1.82) is 0 Å². The van der Waals surface area contributed by atoms with Gasteiger partial charge in [-0.15, -0.1) is 0 Å². The first-order valence-electron chi connectivity index (χ1n) is 7.94. The van der Waals surface area contributed by atoms with Gasteiger partial charge in [0.05, 0.1) is 18.8 Å². The lowest BCUT2D eigenvalue weighted by Crippen LogP contribution is -2.59. The Balaban J connectivity index is 1.71. The highest BCUT2D eigenvalue weighted by Gasteiger charge is 2.49. The molecule has 2 fully saturated rings. The van der Waals surface area contributed by atoms with Gasteiger partial charge in [0.2, 0.25) is 5.91 Å². The smallest absolute Gasteiger partial charge is 0.237 e. The molecule has 1 amide bonds. The molecule has 1 aromatic heterocycles. The summed E-state index contributed by atoms with van der Waals surface area (Å²) in [6.45, 7) is 8.97. The first kappa shape index (κ1) is 14.6. The number of hydrogen-bond donors (Lipinski definition) is 0. The Hall–Kier alpha value is -1.36. The van der Waals surface area contributed by atoms with Gasteiger partial charge in [-0.25, -0.2) is 0 Å². The number of aryl methyl sites for hydroxylation is 1. The van der Waals surface area contributed by atoms with Crippen LogP contribution in [0.5, 0.6) is 0 Å². The summed E-state index contributed by atoms with van der Waals surface area (Å²) in [5.74, 6) is 0.261. The molecule has 2 aliphatic rings. The van der Waals surface area contributed by atoms with Gasteiger partial charge in [-0.2, -0.15) is 5.10 Å². The summed E-state index contributed by atoms with van der Waals surface area (Å²) < 4.78 is 1.81. The molecule has 0 bridgehead atoms. The summed E-state index contributed by atoms with van der Waals surface area (Å²) in [6.07, 6.45) is 6.42. The zero-order chi connectivity index (χ0) is 15.2. The molecule has 5 nitrogen and oxygen atoms in total. The van der Waals surface area contributed by atoms with Crippen LogP contribution >= 0.6 is 0 Å². The van der Waals surface area contributed by atoms with Crippen molar-refractivity contribution in [2.24, 2.45) is 12.5 Å². The number of aromatic nitrogens is 2. The van der Waals surface area contributed by atoms with E-state index in [-0.39, 0.29) is 17.4 Å². The Kier molecular flexibility index (Phi) is 3.56. The van der Waals surface area contributed by atoms with Crippen molar-refractivity contribution in [1.82, 2.24) is 19.6 Å². The quantitative estimate of drug-likeness (QED) is 0.830. The largest absolute Gasteiger partial charge is 0.333 e. The Morgan fingerprint density at radius 3 is 2.67 bits per heavy atom. The molecule has 21 heavy (non-hydrogen) atoms. The topological polar surface area (TPSA) is 41.4 Å². The van der Waals surface area contributed by atoms with Gasteiger partial charge in [0.15, 0.2) is 0 Å². The van der Waals surface area contributed by atoms with Crippen molar-refractivity contribution < 1.29 is 4.79 Å². The minimum Gasteiger partial charge on any atom is -0.333 e. The molecule has 0 spiro atoms. The molecule has 1 atom stereocenters. The summed E-state index contributed by atoms with van der Waals surface area (Å²) in [5.41, 5.74) is 1.28. The highest BCUT2D eigenvalue weighted by molar-refractivity contribution is 5.80. The van der Waals surface area contributed by atoms with Crippen LogP contribution in [0.2, 0.25) is 0 Å². The van der Waals surface area contributed by atoms with Crippen LogP contribution in [0.25, 0.3) is 0 Å². The maximum Gasteiger partial charge on any atom is 0.237 e. The molecule has 1 aromatic rings.